The highest BCUT2D eigenvalue weighted by Crippen LogP contribution is 2.24. The Hall–Kier alpha value is -2.02. The van der Waals surface area contributed by atoms with Crippen molar-refractivity contribution in [2.45, 2.75) is 17.9 Å². The summed E-state index contributed by atoms with van der Waals surface area (Å²) in [5.41, 5.74) is 7.81. The lowest BCUT2D eigenvalue weighted by Crippen LogP contribution is -1.81. The summed E-state index contributed by atoms with van der Waals surface area (Å²) in [5.74, 6) is 1.69. The van der Waals surface area contributed by atoms with Crippen molar-refractivity contribution in [1.82, 2.24) is 15.2 Å². The fourth-order valence-electron chi connectivity index (χ4n) is 1.51. The first-order chi connectivity index (χ1) is 8.70. The number of aromatic nitrogens is 3. The molecule has 0 bridgehead atoms. The van der Waals surface area contributed by atoms with Gasteiger partial charge in [0, 0.05) is 18.7 Å². The zero-order valence-corrected chi connectivity index (χ0v) is 10.4. The average molecular weight is 262 g/mol. The Kier molecular flexibility index (Phi) is 2.67. The average Bonchev–Trinajstić information content (AvgIpc) is 2.92. The van der Waals surface area contributed by atoms with Crippen LogP contribution >= 0.6 is 11.8 Å². The van der Waals surface area contributed by atoms with Gasteiger partial charge < -0.3 is 14.6 Å². The smallest absolute Gasteiger partial charge is 0.277 e. The van der Waals surface area contributed by atoms with E-state index in [1.807, 2.05) is 6.07 Å². The minimum absolute atomic E-state index is 0.509. The van der Waals surface area contributed by atoms with Gasteiger partial charge in [-0.3, -0.25) is 0 Å². The van der Waals surface area contributed by atoms with Crippen molar-refractivity contribution in [1.29, 1.82) is 0 Å². The highest BCUT2D eigenvalue weighted by molar-refractivity contribution is 7.98. The molecule has 2 heterocycles. The summed E-state index contributed by atoms with van der Waals surface area (Å²) in [6.45, 7) is 1.75. The number of nitrogens with two attached hydrogens (primary N) is 1. The van der Waals surface area contributed by atoms with Gasteiger partial charge in [-0.25, -0.2) is 4.98 Å². The summed E-state index contributed by atoms with van der Waals surface area (Å²) < 4.78 is 10.8. The molecular weight excluding hydrogens is 252 g/mol. The third kappa shape index (κ3) is 2.17. The molecule has 92 valence electrons. The second-order valence-corrected chi connectivity index (χ2v) is 4.64. The predicted molar refractivity (Wildman–Crippen MR) is 67.0 cm³/mol. The van der Waals surface area contributed by atoms with Gasteiger partial charge in [0.25, 0.3) is 5.22 Å². The van der Waals surface area contributed by atoms with Crippen molar-refractivity contribution in [3.8, 4) is 0 Å². The van der Waals surface area contributed by atoms with Crippen LogP contribution in [-0.2, 0) is 5.75 Å². The van der Waals surface area contributed by atoms with Crippen molar-refractivity contribution < 1.29 is 8.83 Å². The van der Waals surface area contributed by atoms with E-state index in [0.717, 1.165) is 5.52 Å². The summed E-state index contributed by atoms with van der Waals surface area (Å²) >= 11 is 1.39. The highest BCUT2D eigenvalue weighted by atomic mass is 32.2. The van der Waals surface area contributed by atoms with E-state index < -0.39 is 0 Å². The molecular formula is C11H10N4O2S. The molecule has 0 spiro atoms. The number of hydrogen-bond acceptors (Lipinski definition) is 7. The van der Waals surface area contributed by atoms with E-state index in [4.69, 9.17) is 14.6 Å². The molecule has 0 radical (unpaired) electrons. The van der Waals surface area contributed by atoms with E-state index in [1.54, 1.807) is 19.1 Å². The van der Waals surface area contributed by atoms with Crippen LogP contribution in [0.25, 0.3) is 11.1 Å². The molecule has 0 aliphatic carbocycles. The number of thioether (sulfide) groups is 1. The Morgan fingerprint density at radius 2 is 2.17 bits per heavy atom. The van der Waals surface area contributed by atoms with Gasteiger partial charge in [0.05, 0.1) is 5.75 Å². The van der Waals surface area contributed by atoms with Gasteiger partial charge in [0.2, 0.25) is 11.8 Å². The molecule has 2 N–H and O–H groups in total. The number of benzene rings is 1. The first-order valence-electron chi connectivity index (χ1n) is 5.28. The summed E-state index contributed by atoms with van der Waals surface area (Å²) in [5, 5.41) is 8.14. The summed E-state index contributed by atoms with van der Waals surface area (Å²) in [6, 6.07) is 5.38. The third-order valence-corrected chi connectivity index (χ3v) is 3.09. The van der Waals surface area contributed by atoms with Crippen LogP contribution in [0.15, 0.2) is 32.3 Å². The van der Waals surface area contributed by atoms with E-state index in [-0.39, 0.29) is 0 Å². The minimum atomic E-state index is 0.509. The first-order valence-corrected chi connectivity index (χ1v) is 6.27. The van der Waals surface area contributed by atoms with Gasteiger partial charge in [-0.15, -0.1) is 10.2 Å². The summed E-state index contributed by atoms with van der Waals surface area (Å²) in [7, 11) is 0. The van der Waals surface area contributed by atoms with Crippen LogP contribution < -0.4 is 5.73 Å². The molecule has 0 saturated heterocycles. The molecule has 0 aliphatic heterocycles. The first kappa shape index (κ1) is 11.1. The number of hydrogen-bond donors (Lipinski definition) is 1. The van der Waals surface area contributed by atoms with Crippen molar-refractivity contribution in [3.05, 3.63) is 30.0 Å². The van der Waals surface area contributed by atoms with E-state index >= 15 is 0 Å². The normalized spacial score (nSPS) is 11.2. The molecule has 0 saturated carbocycles. The van der Waals surface area contributed by atoms with E-state index in [9.17, 15) is 0 Å². The third-order valence-electron chi connectivity index (χ3n) is 2.28. The highest BCUT2D eigenvalue weighted by Gasteiger charge is 2.09. The molecule has 0 amide bonds. The molecule has 0 atom stereocenters. The lowest BCUT2D eigenvalue weighted by Gasteiger charge is -1.90. The molecule has 0 aliphatic rings. The molecule has 6 nitrogen and oxygen atoms in total. The Balaban J connectivity index is 1.78. The lowest BCUT2D eigenvalue weighted by atomic mass is 10.3. The fraction of sp³-hybridized carbons (Fsp3) is 0.182. The van der Waals surface area contributed by atoms with Crippen LogP contribution in [0.3, 0.4) is 0 Å². The lowest BCUT2D eigenvalue weighted by molar-refractivity contribution is 0.428. The largest absolute Gasteiger partial charge is 0.440 e. The van der Waals surface area contributed by atoms with Gasteiger partial charge >= 0.3 is 0 Å². The zero-order valence-electron chi connectivity index (χ0n) is 9.58. The van der Waals surface area contributed by atoms with Gasteiger partial charge in [0.15, 0.2) is 5.58 Å². The van der Waals surface area contributed by atoms with Crippen molar-refractivity contribution in [2.75, 3.05) is 5.73 Å². The quantitative estimate of drug-likeness (QED) is 0.572. The van der Waals surface area contributed by atoms with Gasteiger partial charge in [-0.1, -0.05) is 11.8 Å². The molecule has 0 fully saturated rings. The van der Waals surface area contributed by atoms with Crippen LogP contribution in [0.2, 0.25) is 0 Å². The van der Waals surface area contributed by atoms with Crippen molar-refractivity contribution in [2.24, 2.45) is 0 Å². The number of oxazole rings is 1. The number of aryl methyl sites for hydroxylation is 1. The molecule has 3 aromatic rings. The second kappa shape index (κ2) is 4.34. The molecule has 1 aromatic carbocycles. The summed E-state index contributed by atoms with van der Waals surface area (Å²) in [4.78, 5) is 4.34. The maximum atomic E-state index is 5.67. The Bertz CT molecular complexity index is 691. The Labute approximate surface area is 107 Å². The molecule has 7 heteroatoms. The van der Waals surface area contributed by atoms with Crippen LogP contribution in [0.4, 0.5) is 5.69 Å². The van der Waals surface area contributed by atoms with Crippen LogP contribution in [0, 0.1) is 6.92 Å². The number of nitrogen functional groups attached to an aromatic ring is 1. The Morgan fingerprint density at radius 1 is 1.28 bits per heavy atom. The number of nitrogens with zero attached hydrogens (tertiary/aromatic N) is 3. The second-order valence-electron chi connectivity index (χ2n) is 3.71. The van der Waals surface area contributed by atoms with E-state index in [0.29, 0.717) is 34.0 Å². The fourth-order valence-corrected chi connectivity index (χ4v) is 2.16. The molecule has 0 unspecified atom stereocenters. The maximum Gasteiger partial charge on any atom is 0.277 e. The minimum Gasteiger partial charge on any atom is -0.440 e. The number of anilines is 1. The number of rotatable bonds is 3. The van der Waals surface area contributed by atoms with Gasteiger partial charge in [-0.05, 0) is 12.1 Å². The SMILES string of the molecule is Cc1nnc(SCc2nc3ccc(N)cc3o2)o1. The van der Waals surface area contributed by atoms with E-state index in [1.165, 1.54) is 11.8 Å². The van der Waals surface area contributed by atoms with Crippen LogP contribution in [0.5, 0.6) is 0 Å². The van der Waals surface area contributed by atoms with Crippen LogP contribution in [-0.4, -0.2) is 15.2 Å². The van der Waals surface area contributed by atoms with Gasteiger partial charge in [0.1, 0.15) is 5.52 Å². The molecule has 3 rings (SSSR count). The van der Waals surface area contributed by atoms with E-state index in [2.05, 4.69) is 15.2 Å². The predicted octanol–water partition coefficient (Wildman–Crippen LogP) is 2.39. The monoisotopic (exact) mass is 262 g/mol. The Morgan fingerprint density at radius 3 is 2.94 bits per heavy atom. The van der Waals surface area contributed by atoms with Crippen molar-refractivity contribution in [3.63, 3.8) is 0 Å². The molecule has 2 aromatic heterocycles. The standard InChI is InChI=1S/C11H10N4O2S/c1-6-14-15-11(16-6)18-5-10-13-8-3-2-7(12)4-9(8)17-10/h2-4H,5,12H2,1H3. The topological polar surface area (TPSA) is 91.0 Å². The van der Waals surface area contributed by atoms with Gasteiger partial charge in [-0.2, -0.15) is 0 Å². The van der Waals surface area contributed by atoms with Crippen LogP contribution in [0.1, 0.15) is 11.8 Å². The molecule has 18 heavy (non-hydrogen) atoms. The summed E-state index contributed by atoms with van der Waals surface area (Å²) in [6.07, 6.45) is 0. The zero-order chi connectivity index (χ0) is 12.5. The maximum absolute atomic E-state index is 5.67. The van der Waals surface area contributed by atoms with Crippen molar-refractivity contribution >= 4 is 28.5 Å². The number of fused-ring (bicyclic) bond motifs is 1.